The molecule has 26 heavy (non-hydrogen) atoms. The molecule has 0 bridgehead atoms. The zero-order chi connectivity index (χ0) is 19.1. The zero-order valence-corrected chi connectivity index (χ0v) is 15.7. The maximum absolute atomic E-state index is 12.3. The molecule has 2 aromatic rings. The Hall–Kier alpha value is -2.82. The van der Waals surface area contributed by atoms with E-state index < -0.39 is 11.8 Å². The Labute approximate surface area is 154 Å². The van der Waals surface area contributed by atoms with E-state index in [1.54, 1.807) is 6.07 Å². The summed E-state index contributed by atoms with van der Waals surface area (Å²) in [5.74, 6) is -0.309. The first-order valence-electron chi connectivity index (χ1n) is 8.85. The topological polar surface area (TPSA) is 67.4 Å². The van der Waals surface area contributed by atoms with Gasteiger partial charge in [-0.15, -0.1) is 0 Å². The van der Waals surface area contributed by atoms with Crippen molar-refractivity contribution < 1.29 is 14.3 Å². The molecule has 2 N–H and O–H groups in total. The van der Waals surface area contributed by atoms with Crippen LogP contribution in [0.3, 0.4) is 0 Å². The molecule has 1 unspecified atom stereocenters. The summed E-state index contributed by atoms with van der Waals surface area (Å²) < 4.78 is 5.41. The van der Waals surface area contributed by atoms with Gasteiger partial charge in [0.1, 0.15) is 5.75 Å². The fourth-order valence-corrected chi connectivity index (χ4v) is 2.66. The highest BCUT2D eigenvalue weighted by Gasteiger charge is 2.18. The van der Waals surface area contributed by atoms with E-state index in [1.807, 2.05) is 70.2 Å². The largest absolute Gasteiger partial charge is 0.494 e. The number of hydrogen-bond donors (Lipinski definition) is 2. The summed E-state index contributed by atoms with van der Waals surface area (Å²) in [7, 11) is 0. The van der Waals surface area contributed by atoms with Gasteiger partial charge in [0.2, 0.25) is 0 Å². The van der Waals surface area contributed by atoms with Gasteiger partial charge in [-0.1, -0.05) is 44.2 Å². The SMILES string of the molecule is CCOc1ccc(C(C)NC(=O)C(=O)Nc2ccccc2C(C)C)cc1. The van der Waals surface area contributed by atoms with Crippen LogP contribution in [-0.4, -0.2) is 18.4 Å². The molecule has 0 aromatic heterocycles. The number of hydrogen-bond acceptors (Lipinski definition) is 3. The van der Waals surface area contributed by atoms with Crippen LogP contribution in [0.2, 0.25) is 0 Å². The van der Waals surface area contributed by atoms with E-state index in [4.69, 9.17) is 4.74 Å². The van der Waals surface area contributed by atoms with Gasteiger partial charge in [0.25, 0.3) is 0 Å². The molecule has 138 valence electrons. The Morgan fingerprint density at radius 1 is 0.962 bits per heavy atom. The van der Waals surface area contributed by atoms with Gasteiger partial charge < -0.3 is 15.4 Å². The van der Waals surface area contributed by atoms with Crippen LogP contribution in [0.5, 0.6) is 5.75 Å². The number of nitrogens with one attached hydrogen (secondary N) is 2. The molecule has 2 aromatic carbocycles. The third-order valence-corrected chi connectivity index (χ3v) is 4.08. The molecule has 0 fully saturated rings. The fraction of sp³-hybridized carbons (Fsp3) is 0.333. The Bertz CT molecular complexity index is 754. The summed E-state index contributed by atoms with van der Waals surface area (Å²) >= 11 is 0. The summed E-state index contributed by atoms with van der Waals surface area (Å²) in [6.07, 6.45) is 0. The lowest BCUT2D eigenvalue weighted by Gasteiger charge is -2.16. The van der Waals surface area contributed by atoms with Crippen molar-refractivity contribution in [2.45, 2.75) is 39.7 Å². The van der Waals surface area contributed by atoms with Crippen molar-refractivity contribution in [2.75, 3.05) is 11.9 Å². The highest BCUT2D eigenvalue weighted by Crippen LogP contribution is 2.23. The van der Waals surface area contributed by atoms with E-state index in [1.165, 1.54) is 0 Å². The first-order chi connectivity index (χ1) is 12.4. The van der Waals surface area contributed by atoms with Gasteiger partial charge in [-0.2, -0.15) is 0 Å². The molecule has 0 spiro atoms. The average molecular weight is 354 g/mol. The standard InChI is InChI=1S/C21H26N2O3/c1-5-26-17-12-10-16(11-13-17)15(4)22-20(24)21(25)23-19-9-7-6-8-18(19)14(2)3/h6-15H,5H2,1-4H3,(H,22,24)(H,23,25). The van der Waals surface area contributed by atoms with E-state index in [0.717, 1.165) is 16.9 Å². The van der Waals surface area contributed by atoms with Crippen LogP contribution in [-0.2, 0) is 9.59 Å². The van der Waals surface area contributed by atoms with E-state index >= 15 is 0 Å². The van der Waals surface area contributed by atoms with Gasteiger partial charge in [0.05, 0.1) is 12.6 Å². The Kier molecular flexibility index (Phi) is 6.78. The Balaban J connectivity index is 1.99. The summed E-state index contributed by atoms with van der Waals surface area (Å²) in [6.45, 7) is 8.44. The van der Waals surface area contributed by atoms with Gasteiger partial charge in [-0.25, -0.2) is 0 Å². The number of anilines is 1. The summed E-state index contributed by atoms with van der Waals surface area (Å²) in [5.41, 5.74) is 2.56. The first kappa shape index (κ1) is 19.5. The van der Waals surface area contributed by atoms with Gasteiger partial charge in [-0.05, 0) is 49.1 Å². The minimum absolute atomic E-state index is 0.248. The van der Waals surface area contributed by atoms with Crippen LogP contribution < -0.4 is 15.4 Å². The number of benzene rings is 2. The summed E-state index contributed by atoms with van der Waals surface area (Å²) in [6, 6.07) is 14.7. The van der Waals surface area contributed by atoms with Crippen molar-refractivity contribution in [1.82, 2.24) is 5.32 Å². The minimum Gasteiger partial charge on any atom is -0.494 e. The quantitative estimate of drug-likeness (QED) is 0.770. The van der Waals surface area contributed by atoms with Crippen molar-refractivity contribution in [1.29, 1.82) is 0 Å². The number of rotatable bonds is 6. The molecule has 0 saturated heterocycles. The van der Waals surface area contributed by atoms with E-state index in [2.05, 4.69) is 10.6 Å². The van der Waals surface area contributed by atoms with Crippen LogP contribution in [0.1, 0.15) is 50.8 Å². The highest BCUT2D eigenvalue weighted by atomic mass is 16.5. The molecule has 0 aliphatic rings. The van der Waals surface area contributed by atoms with Crippen molar-refractivity contribution in [3.8, 4) is 5.75 Å². The highest BCUT2D eigenvalue weighted by molar-refractivity contribution is 6.39. The number of carbonyl (C=O) groups is 2. The molecular formula is C21H26N2O3. The van der Waals surface area contributed by atoms with E-state index in [-0.39, 0.29) is 12.0 Å². The third kappa shape index (κ3) is 5.09. The first-order valence-corrected chi connectivity index (χ1v) is 8.85. The molecule has 5 heteroatoms. The second kappa shape index (κ2) is 9.04. The molecule has 0 aliphatic heterocycles. The van der Waals surface area contributed by atoms with Crippen LogP contribution >= 0.6 is 0 Å². The molecule has 5 nitrogen and oxygen atoms in total. The number of ether oxygens (including phenoxy) is 1. The van der Waals surface area contributed by atoms with Crippen LogP contribution in [0, 0.1) is 0 Å². The summed E-state index contributed by atoms with van der Waals surface area (Å²) in [4.78, 5) is 24.5. The summed E-state index contributed by atoms with van der Waals surface area (Å²) in [5, 5.41) is 5.43. The second-order valence-corrected chi connectivity index (χ2v) is 6.39. The maximum Gasteiger partial charge on any atom is 0.313 e. The second-order valence-electron chi connectivity index (χ2n) is 6.39. The van der Waals surface area contributed by atoms with Crippen LogP contribution in [0.25, 0.3) is 0 Å². The molecule has 0 aliphatic carbocycles. The predicted octanol–water partition coefficient (Wildman–Crippen LogP) is 4.02. The van der Waals surface area contributed by atoms with Crippen LogP contribution in [0.15, 0.2) is 48.5 Å². The Morgan fingerprint density at radius 2 is 1.62 bits per heavy atom. The van der Waals surface area contributed by atoms with Crippen molar-refractivity contribution >= 4 is 17.5 Å². The Morgan fingerprint density at radius 3 is 2.23 bits per heavy atom. The van der Waals surface area contributed by atoms with Gasteiger partial charge in [-0.3, -0.25) is 9.59 Å². The normalized spacial score (nSPS) is 11.7. The molecule has 0 heterocycles. The smallest absolute Gasteiger partial charge is 0.313 e. The lowest BCUT2D eigenvalue weighted by molar-refractivity contribution is -0.136. The lowest BCUT2D eigenvalue weighted by Crippen LogP contribution is -2.37. The monoisotopic (exact) mass is 354 g/mol. The van der Waals surface area contributed by atoms with Crippen molar-refractivity contribution in [3.63, 3.8) is 0 Å². The molecule has 1 atom stereocenters. The van der Waals surface area contributed by atoms with Gasteiger partial charge in [0.15, 0.2) is 0 Å². The van der Waals surface area contributed by atoms with Gasteiger partial charge in [0, 0.05) is 5.69 Å². The predicted molar refractivity (Wildman–Crippen MR) is 103 cm³/mol. The number of para-hydroxylation sites is 1. The maximum atomic E-state index is 12.3. The molecule has 0 radical (unpaired) electrons. The fourth-order valence-electron chi connectivity index (χ4n) is 2.66. The third-order valence-electron chi connectivity index (χ3n) is 4.08. The van der Waals surface area contributed by atoms with E-state index in [9.17, 15) is 9.59 Å². The molecule has 0 saturated carbocycles. The van der Waals surface area contributed by atoms with E-state index in [0.29, 0.717) is 12.3 Å². The average Bonchev–Trinajstić information content (AvgIpc) is 2.62. The van der Waals surface area contributed by atoms with Crippen molar-refractivity contribution in [2.24, 2.45) is 0 Å². The number of carbonyl (C=O) groups excluding carboxylic acids is 2. The molecule has 2 rings (SSSR count). The van der Waals surface area contributed by atoms with Crippen LogP contribution in [0.4, 0.5) is 5.69 Å². The number of amides is 2. The molecule has 2 amide bonds. The minimum atomic E-state index is -0.670. The molecular weight excluding hydrogens is 328 g/mol. The lowest BCUT2D eigenvalue weighted by atomic mass is 10.0. The van der Waals surface area contributed by atoms with Crippen molar-refractivity contribution in [3.05, 3.63) is 59.7 Å². The van der Waals surface area contributed by atoms with Gasteiger partial charge >= 0.3 is 11.8 Å². The zero-order valence-electron chi connectivity index (χ0n) is 15.7.